The Morgan fingerprint density at radius 3 is 2.56 bits per heavy atom. The van der Waals surface area contributed by atoms with Crippen LogP contribution in [0.5, 0.6) is 0 Å². The van der Waals surface area contributed by atoms with E-state index >= 15 is 0 Å². The molecular formula is C13H18N2O2S. The molecule has 1 aromatic carbocycles. The van der Waals surface area contributed by atoms with Gasteiger partial charge in [-0.2, -0.15) is 12.7 Å². The SMILES string of the molecule is CC1Cc2ccccc2N1S(=O)(=O)N1CCCC1. The molecule has 1 aromatic rings. The third kappa shape index (κ3) is 1.73. The summed E-state index contributed by atoms with van der Waals surface area (Å²) in [5.41, 5.74) is 1.99. The standard InChI is InChI=1S/C13H18N2O2S/c1-11-10-12-6-2-3-7-13(12)15(11)18(16,17)14-8-4-5-9-14/h2-3,6-7,11H,4-5,8-10H2,1H3. The van der Waals surface area contributed by atoms with E-state index in [1.165, 1.54) is 0 Å². The monoisotopic (exact) mass is 266 g/mol. The lowest BCUT2D eigenvalue weighted by atomic mass is 10.1. The van der Waals surface area contributed by atoms with Gasteiger partial charge in [-0.3, -0.25) is 4.31 Å². The van der Waals surface area contributed by atoms with Crippen LogP contribution >= 0.6 is 0 Å². The van der Waals surface area contributed by atoms with Crippen LogP contribution in [0.4, 0.5) is 5.69 Å². The minimum absolute atomic E-state index is 0.0213. The van der Waals surface area contributed by atoms with Crippen molar-refractivity contribution in [3.8, 4) is 0 Å². The van der Waals surface area contributed by atoms with Crippen molar-refractivity contribution in [3.05, 3.63) is 29.8 Å². The summed E-state index contributed by atoms with van der Waals surface area (Å²) in [6.07, 6.45) is 2.76. The lowest BCUT2D eigenvalue weighted by Gasteiger charge is -2.29. The van der Waals surface area contributed by atoms with Crippen molar-refractivity contribution in [3.63, 3.8) is 0 Å². The van der Waals surface area contributed by atoms with Gasteiger partial charge in [0.25, 0.3) is 0 Å². The maximum atomic E-state index is 12.7. The minimum Gasteiger partial charge on any atom is -0.254 e. The molecule has 18 heavy (non-hydrogen) atoms. The molecule has 0 aromatic heterocycles. The van der Waals surface area contributed by atoms with Gasteiger partial charge < -0.3 is 0 Å². The van der Waals surface area contributed by atoms with E-state index in [4.69, 9.17) is 0 Å². The number of fused-ring (bicyclic) bond motifs is 1. The van der Waals surface area contributed by atoms with Crippen LogP contribution in [0.1, 0.15) is 25.3 Å². The molecule has 3 rings (SSSR count). The van der Waals surface area contributed by atoms with Crippen LogP contribution in [0.3, 0.4) is 0 Å². The van der Waals surface area contributed by atoms with Gasteiger partial charge in [-0.25, -0.2) is 0 Å². The molecule has 1 fully saturated rings. The Morgan fingerprint density at radius 2 is 1.83 bits per heavy atom. The number of benzene rings is 1. The van der Waals surface area contributed by atoms with E-state index < -0.39 is 10.2 Å². The van der Waals surface area contributed by atoms with Crippen molar-refractivity contribution in [1.29, 1.82) is 0 Å². The maximum Gasteiger partial charge on any atom is 0.304 e. The summed E-state index contributed by atoms with van der Waals surface area (Å²) in [4.78, 5) is 0. The van der Waals surface area contributed by atoms with Gasteiger partial charge in [0, 0.05) is 19.1 Å². The molecule has 1 atom stereocenters. The molecule has 0 N–H and O–H groups in total. The van der Waals surface area contributed by atoms with Crippen molar-refractivity contribution < 1.29 is 8.42 Å². The number of anilines is 1. The molecule has 0 saturated carbocycles. The minimum atomic E-state index is -3.33. The average Bonchev–Trinajstić information content (AvgIpc) is 2.94. The van der Waals surface area contributed by atoms with Gasteiger partial charge in [0.15, 0.2) is 0 Å². The summed E-state index contributed by atoms with van der Waals surface area (Å²) in [6.45, 7) is 3.30. The predicted molar refractivity (Wildman–Crippen MR) is 71.8 cm³/mol. The molecule has 5 heteroatoms. The largest absolute Gasteiger partial charge is 0.304 e. The highest BCUT2D eigenvalue weighted by Crippen LogP contribution is 2.35. The molecule has 0 aliphatic carbocycles. The Labute approximate surface area is 108 Å². The van der Waals surface area contributed by atoms with E-state index in [1.807, 2.05) is 31.2 Å². The van der Waals surface area contributed by atoms with Crippen LogP contribution < -0.4 is 4.31 Å². The molecule has 0 amide bonds. The Kier molecular flexibility index (Phi) is 2.83. The van der Waals surface area contributed by atoms with Gasteiger partial charge in [0.2, 0.25) is 0 Å². The molecule has 1 saturated heterocycles. The van der Waals surface area contributed by atoms with Crippen LogP contribution in [0.15, 0.2) is 24.3 Å². The zero-order valence-electron chi connectivity index (χ0n) is 10.5. The molecule has 0 bridgehead atoms. The molecule has 0 spiro atoms. The molecule has 4 nitrogen and oxygen atoms in total. The van der Waals surface area contributed by atoms with Crippen LogP contribution in [0.2, 0.25) is 0 Å². The molecule has 2 aliphatic heterocycles. The zero-order chi connectivity index (χ0) is 12.8. The van der Waals surface area contributed by atoms with E-state index in [-0.39, 0.29) is 6.04 Å². The predicted octanol–water partition coefficient (Wildman–Crippen LogP) is 1.78. The first kappa shape index (κ1) is 12.0. The summed E-state index contributed by atoms with van der Waals surface area (Å²) < 4.78 is 28.5. The zero-order valence-corrected chi connectivity index (χ0v) is 11.4. The first-order valence-corrected chi connectivity index (χ1v) is 7.88. The van der Waals surface area contributed by atoms with Gasteiger partial charge >= 0.3 is 10.2 Å². The fraction of sp³-hybridized carbons (Fsp3) is 0.538. The van der Waals surface area contributed by atoms with Gasteiger partial charge in [-0.15, -0.1) is 0 Å². The number of hydrogen-bond donors (Lipinski definition) is 0. The average molecular weight is 266 g/mol. The van der Waals surface area contributed by atoms with Gasteiger partial charge in [-0.1, -0.05) is 18.2 Å². The third-order valence-corrected chi connectivity index (χ3v) is 5.86. The van der Waals surface area contributed by atoms with Crippen LogP contribution in [0, 0.1) is 0 Å². The topological polar surface area (TPSA) is 40.6 Å². The van der Waals surface area contributed by atoms with Crippen molar-refractivity contribution in [2.45, 2.75) is 32.2 Å². The van der Waals surface area contributed by atoms with Gasteiger partial charge in [0.1, 0.15) is 0 Å². The van der Waals surface area contributed by atoms with E-state index in [0.717, 1.165) is 30.5 Å². The third-order valence-electron chi connectivity index (χ3n) is 3.78. The fourth-order valence-corrected chi connectivity index (χ4v) is 4.86. The quantitative estimate of drug-likeness (QED) is 0.818. The van der Waals surface area contributed by atoms with Crippen LogP contribution in [-0.2, 0) is 16.6 Å². The number of hydrogen-bond acceptors (Lipinski definition) is 2. The molecule has 2 aliphatic rings. The highest BCUT2D eigenvalue weighted by molar-refractivity contribution is 7.90. The number of nitrogens with zero attached hydrogens (tertiary/aromatic N) is 2. The molecule has 0 radical (unpaired) electrons. The van der Waals surface area contributed by atoms with Crippen molar-refractivity contribution in [2.75, 3.05) is 17.4 Å². The van der Waals surface area contributed by atoms with Gasteiger partial charge in [-0.05, 0) is 37.8 Å². The van der Waals surface area contributed by atoms with E-state index in [9.17, 15) is 8.42 Å². The lowest BCUT2D eigenvalue weighted by Crippen LogP contribution is -2.45. The van der Waals surface area contributed by atoms with E-state index in [1.54, 1.807) is 8.61 Å². The lowest BCUT2D eigenvalue weighted by molar-refractivity contribution is 0.469. The normalized spacial score (nSPS) is 24.5. The smallest absolute Gasteiger partial charge is 0.254 e. The highest BCUT2D eigenvalue weighted by Gasteiger charge is 2.39. The van der Waals surface area contributed by atoms with Crippen LogP contribution in [-0.4, -0.2) is 31.9 Å². The Hall–Kier alpha value is -1.07. The molecule has 2 heterocycles. The molecule has 1 unspecified atom stereocenters. The Morgan fingerprint density at radius 1 is 1.17 bits per heavy atom. The highest BCUT2D eigenvalue weighted by atomic mass is 32.2. The number of rotatable bonds is 2. The van der Waals surface area contributed by atoms with Gasteiger partial charge in [0.05, 0.1) is 5.69 Å². The summed E-state index contributed by atoms with van der Waals surface area (Å²) in [5, 5.41) is 0. The summed E-state index contributed by atoms with van der Waals surface area (Å²) >= 11 is 0. The summed E-state index contributed by atoms with van der Waals surface area (Å²) in [7, 11) is -3.33. The summed E-state index contributed by atoms with van der Waals surface area (Å²) in [5.74, 6) is 0. The van der Waals surface area contributed by atoms with Crippen molar-refractivity contribution >= 4 is 15.9 Å². The molecule has 98 valence electrons. The fourth-order valence-electron chi connectivity index (χ4n) is 2.93. The van der Waals surface area contributed by atoms with Crippen LogP contribution in [0.25, 0.3) is 0 Å². The number of para-hydroxylation sites is 1. The Balaban J connectivity index is 2.01. The summed E-state index contributed by atoms with van der Waals surface area (Å²) in [6, 6.07) is 7.83. The van der Waals surface area contributed by atoms with Crippen molar-refractivity contribution in [1.82, 2.24) is 4.31 Å². The second kappa shape index (κ2) is 4.24. The maximum absolute atomic E-state index is 12.7. The Bertz CT molecular complexity index is 550. The first-order valence-electron chi connectivity index (χ1n) is 6.48. The second-order valence-corrected chi connectivity index (χ2v) is 6.90. The van der Waals surface area contributed by atoms with Crippen molar-refractivity contribution in [2.24, 2.45) is 0 Å². The van der Waals surface area contributed by atoms with E-state index in [0.29, 0.717) is 13.1 Å². The first-order chi connectivity index (χ1) is 8.60. The molecular weight excluding hydrogens is 248 g/mol. The second-order valence-electron chi connectivity index (χ2n) is 5.09. The van der Waals surface area contributed by atoms with E-state index in [2.05, 4.69) is 0 Å².